The van der Waals surface area contributed by atoms with Crippen molar-refractivity contribution in [2.45, 2.75) is 34.8 Å². The Bertz CT molecular complexity index is 1310. The fourth-order valence-corrected chi connectivity index (χ4v) is 9.45. The maximum atomic E-state index is 13.1. The van der Waals surface area contributed by atoms with Gasteiger partial charge in [0, 0.05) is 35.2 Å². The monoisotopic (exact) mass is 554 g/mol. The average molecular weight is 555 g/mol. The van der Waals surface area contributed by atoms with Crippen LogP contribution in [-0.4, -0.2) is 70.5 Å². The number of nitrogens with zero attached hydrogens (tertiary/aromatic N) is 2. The Kier molecular flexibility index (Phi) is 7.23. The molecule has 2 aromatic heterocycles. The first-order chi connectivity index (χ1) is 16.7. The van der Waals surface area contributed by atoms with Crippen molar-refractivity contribution in [2.75, 3.05) is 35.9 Å². The number of thioether (sulfide) groups is 1. The molecule has 1 fully saturated rings. The van der Waals surface area contributed by atoms with Crippen LogP contribution in [0.15, 0.2) is 51.0 Å². The summed E-state index contributed by atoms with van der Waals surface area (Å²) < 4.78 is 47.3. The van der Waals surface area contributed by atoms with Gasteiger partial charge in [-0.1, -0.05) is 30.0 Å². The molecule has 8 nitrogen and oxygen atoms in total. The number of hydrogen-bond donors (Lipinski definition) is 4. The van der Waals surface area contributed by atoms with E-state index < -0.39 is 20.6 Å². The van der Waals surface area contributed by atoms with Crippen LogP contribution >= 0.6 is 33.7 Å². The summed E-state index contributed by atoms with van der Waals surface area (Å²) in [5, 5.41) is 7.61. The van der Waals surface area contributed by atoms with Gasteiger partial charge >= 0.3 is 0 Å². The minimum atomic E-state index is -3.62. The van der Waals surface area contributed by atoms with Crippen LogP contribution in [-0.2, 0) is 10.0 Å². The number of nitrogens with one attached hydrogen (secondary N) is 2. The predicted molar refractivity (Wildman–Crippen MR) is 149 cm³/mol. The summed E-state index contributed by atoms with van der Waals surface area (Å²) in [5.41, 5.74) is 2.30. The number of aliphatic imine (C=N–C) groups is 1. The van der Waals surface area contributed by atoms with Crippen LogP contribution in [0.3, 0.4) is 0 Å². The Morgan fingerprint density at radius 3 is 2.77 bits per heavy atom. The zero-order valence-electron chi connectivity index (χ0n) is 19.4. The van der Waals surface area contributed by atoms with Crippen LogP contribution in [0.5, 0.6) is 0 Å². The van der Waals surface area contributed by atoms with Crippen molar-refractivity contribution < 1.29 is 17.5 Å². The van der Waals surface area contributed by atoms with E-state index in [4.69, 9.17) is 4.99 Å². The molecule has 0 saturated carbocycles. The fourth-order valence-electron chi connectivity index (χ4n) is 4.47. The van der Waals surface area contributed by atoms with Crippen molar-refractivity contribution in [1.82, 2.24) is 10.3 Å². The van der Waals surface area contributed by atoms with Crippen molar-refractivity contribution in [3.05, 3.63) is 47.5 Å². The number of thiophene rings is 1. The van der Waals surface area contributed by atoms with E-state index in [-0.39, 0.29) is 0 Å². The van der Waals surface area contributed by atoms with E-state index in [0.717, 1.165) is 54.0 Å². The third-order valence-electron chi connectivity index (χ3n) is 6.52. The summed E-state index contributed by atoms with van der Waals surface area (Å²) in [4.78, 5) is 8.18. The quantitative estimate of drug-likeness (QED) is 0.317. The van der Waals surface area contributed by atoms with Gasteiger partial charge in [-0.25, -0.2) is 8.42 Å². The number of hydrogen-bond acceptors (Lipinski definition) is 8. The van der Waals surface area contributed by atoms with Gasteiger partial charge in [-0.15, -0.1) is 11.3 Å². The minimum Gasteiger partial charge on any atom is -0.351 e. The van der Waals surface area contributed by atoms with Gasteiger partial charge in [0.15, 0.2) is 0 Å². The fraction of sp³-hybridized carbons (Fsp3) is 0.435. The summed E-state index contributed by atoms with van der Waals surface area (Å²) in [7, 11) is -4.37. The summed E-state index contributed by atoms with van der Waals surface area (Å²) in [5.74, 6) is 1.00. The number of aromatic nitrogens is 1. The van der Waals surface area contributed by atoms with Gasteiger partial charge in [0.25, 0.3) is 10.0 Å². The van der Waals surface area contributed by atoms with E-state index in [0.29, 0.717) is 32.7 Å². The topological polar surface area (TPSA) is 118 Å². The summed E-state index contributed by atoms with van der Waals surface area (Å²) in [6.45, 7) is 1.63. The molecule has 3 aromatic rings. The van der Waals surface area contributed by atoms with Crippen LogP contribution in [0, 0.1) is 0 Å². The highest BCUT2D eigenvalue weighted by Gasteiger charge is 2.27. The second-order valence-electron chi connectivity index (χ2n) is 8.94. The first kappa shape index (κ1) is 25.1. The van der Waals surface area contributed by atoms with E-state index in [1.165, 1.54) is 15.6 Å². The number of fused-ring (bicyclic) bond motifs is 1. The molecule has 0 bridgehead atoms. The lowest BCUT2D eigenvalue weighted by atomic mass is 10.1. The first-order valence-corrected chi connectivity index (χ1v) is 16.6. The highest BCUT2D eigenvalue weighted by molar-refractivity contribution is 8.24. The summed E-state index contributed by atoms with van der Waals surface area (Å²) in [6, 6.07) is 11.4. The number of aromatic amines is 1. The molecule has 2 aliphatic heterocycles. The molecule has 4 N–H and O–H groups in total. The third-order valence-corrected chi connectivity index (χ3v) is 12.7. The molecule has 2 aliphatic rings. The Labute approximate surface area is 215 Å². The summed E-state index contributed by atoms with van der Waals surface area (Å²) >= 11 is 2.97. The lowest BCUT2D eigenvalue weighted by Crippen LogP contribution is -2.37. The van der Waals surface area contributed by atoms with E-state index in [2.05, 4.69) is 10.3 Å². The van der Waals surface area contributed by atoms with E-state index in [1.54, 1.807) is 36.3 Å². The SMILES string of the molecule is CN(c1cccc2cc(C3=NCC(CCNC4CCS(O)(O)CC4)S3)[nH]c12)S(=O)(=O)c1cccs1. The molecule has 5 rings (SSSR count). The molecule has 1 atom stereocenters. The predicted octanol–water partition coefficient (Wildman–Crippen LogP) is 4.81. The Hall–Kier alpha value is -1.54. The average Bonchev–Trinajstić information content (AvgIpc) is 3.59. The van der Waals surface area contributed by atoms with E-state index in [9.17, 15) is 17.5 Å². The van der Waals surface area contributed by atoms with Gasteiger partial charge in [0.05, 0.1) is 23.4 Å². The Morgan fingerprint density at radius 1 is 1.23 bits per heavy atom. The molecule has 190 valence electrons. The van der Waals surface area contributed by atoms with E-state index in [1.807, 2.05) is 24.3 Å². The van der Waals surface area contributed by atoms with Crippen LogP contribution in [0.25, 0.3) is 10.9 Å². The number of anilines is 1. The highest BCUT2D eigenvalue weighted by atomic mass is 32.3. The standard InChI is InChI=1S/C23H30N4O4S4/c1-27(35(30,31)21-6-3-11-32-21)20-5-2-4-16-14-19(26-22(16)20)23-25-15-18(33-23)7-10-24-17-8-12-34(28,29)13-9-17/h2-6,11,14,17-18,24,26,28-29H,7-10,12-13,15H2,1H3. The number of rotatable bonds is 8. The molecule has 1 saturated heterocycles. The van der Waals surface area contributed by atoms with Gasteiger partial charge < -0.3 is 10.3 Å². The molecule has 35 heavy (non-hydrogen) atoms. The molecule has 12 heteroatoms. The van der Waals surface area contributed by atoms with Crippen LogP contribution in [0.4, 0.5) is 5.69 Å². The van der Waals surface area contributed by atoms with Crippen molar-refractivity contribution >= 4 is 65.3 Å². The molecular weight excluding hydrogens is 525 g/mol. The maximum absolute atomic E-state index is 13.1. The molecule has 4 heterocycles. The van der Waals surface area contributed by atoms with E-state index >= 15 is 0 Å². The van der Waals surface area contributed by atoms with Crippen LogP contribution < -0.4 is 9.62 Å². The van der Waals surface area contributed by atoms with Gasteiger partial charge in [0.1, 0.15) is 9.25 Å². The Balaban J connectivity index is 1.23. The molecule has 0 spiro atoms. The van der Waals surface area contributed by atoms with Crippen LogP contribution in [0.1, 0.15) is 25.0 Å². The smallest absolute Gasteiger partial charge is 0.273 e. The minimum absolute atomic E-state index is 0.317. The molecular formula is C23H30N4O4S4. The van der Waals surface area contributed by atoms with Gasteiger partial charge in [0.2, 0.25) is 0 Å². The molecule has 0 aliphatic carbocycles. The zero-order valence-corrected chi connectivity index (χ0v) is 22.7. The number of H-pyrrole nitrogens is 1. The first-order valence-electron chi connectivity index (χ1n) is 11.6. The Morgan fingerprint density at radius 2 is 2.03 bits per heavy atom. The number of sulfonamides is 1. The van der Waals surface area contributed by atoms with Gasteiger partial charge in [-0.2, -0.15) is 10.6 Å². The lowest BCUT2D eigenvalue weighted by Gasteiger charge is -2.39. The van der Waals surface area contributed by atoms with Crippen molar-refractivity contribution in [1.29, 1.82) is 0 Å². The van der Waals surface area contributed by atoms with Gasteiger partial charge in [-0.3, -0.25) is 18.4 Å². The van der Waals surface area contributed by atoms with Crippen molar-refractivity contribution in [2.24, 2.45) is 4.99 Å². The van der Waals surface area contributed by atoms with Gasteiger partial charge in [-0.05, 0) is 49.4 Å². The summed E-state index contributed by atoms with van der Waals surface area (Å²) in [6.07, 6.45) is 2.61. The zero-order chi connectivity index (χ0) is 24.6. The molecule has 1 unspecified atom stereocenters. The third kappa shape index (κ3) is 5.43. The lowest BCUT2D eigenvalue weighted by molar-refractivity contribution is 0.420. The van der Waals surface area contributed by atoms with Crippen molar-refractivity contribution in [3.63, 3.8) is 0 Å². The highest BCUT2D eigenvalue weighted by Crippen LogP contribution is 2.44. The second kappa shape index (κ2) is 10.1. The normalized spacial score (nSPS) is 21.8. The molecule has 0 amide bonds. The maximum Gasteiger partial charge on any atom is 0.273 e. The second-order valence-corrected chi connectivity index (χ2v) is 15.8. The molecule has 0 radical (unpaired) electrons. The number of para-hydroxylation sites is 1. The number of benzene rings is 1. The largest absolute Gasteiger partial charge is 0.351 e. The van der Waals surface area contributed by atoms with Crippen LogP contribution in [0.2, 0.25) is 0 Å². The molecule has 1 aromatic carbocycles. The van der Waals surface area contributed by atoms with Crippen molar-refractivity contribution in [3.8, 4) is 0 Å².